The van der Waals surface area contributed by atoms with Crippen molar-refractivity contribution in [2.24, 2.45) is 5.10 Å². The van der Waals surface area contributed by atoms with Gasteiger partial charge < -0.3 is 14.2 Å². The van der Waals surface area contributed by atoms with Gasteiger partial charge in [0.15, 0.2) is 11.5 Å². The summed E-state index contributed by atoms with van der Waals surface area (Å²) in [5.41, 5.74) is 5.76. The predicted octanol–water partition coefficient (Wildman–Crippen LogP) is 6.66. The number of carbonyl (C=O) groups excluding carboxylic acids is 1. The van der Waals surface area contributed by atoms with Gasteiger partial charge >= 0.3 is 0 Å². The standard InChI is InChI=1S/C30H27ClN2O4/c1-2-35-29-18-25(14-15-28(29)37-20-22-8-4-3-5-9-22)30(34)33-32-19-23-10-7-13-27(17-23)36-21-24-11-6-12-26(31)16-24/h3-19H,2,20-21H2,1H3,(H,33,34)/b32-19+. The molecule has 0 atom stereocenters. The summed E-state index contributed by atoms with van der Waals surface area (Å²) >= 11 is 6.03. The summed E-state index contributed by atoms with van der Waals surface area (Å²) in [5, 5.41) is 4.76. The van der Waals surface area contributed by atoms with Crippen LogP contribution in [0.3, 0.4) is 0 Å². The van der Waals surface area contributed by atoms with Crippen LogP contribution < -0.4 is 19.6 Å². The predicted molar refractivity (Wildman–Crippen MR) is 146 cm³/mol. The highest BCUT2D eigenvalue weighted by Gasteiger charge is 2.12. The number of benzene rings is 4. The molecule has 0 fully saturated rings. The Morgan fingerprint density at radius 2 is 1.59 bits per heavy atom. The molecule has 1 amide bonds. The first kappa shape index (κ1) is 25.8. The van der Waals surface area contributed by atoms with Gasteiger partial charge in [-0.2, -0.15) is 5.10 Å². The van der Waals surface area contributed by atoms with E-state index in [2.05, 4.69) is 10.5 Å². The first-order valence-electron chi connectivity index (χ1n) is 11.8. The van der Waals surface area contributed by atoms with E-state index in [4.69, 9.17) is 25.8 Å². The molecule has 0 bridgehead atoms. The molecular weight excluding hydrogens is 488 g/mol. The molecule has 0 aliphatic rings. The van der Waals surface area contributed by atoms with Crippen LogP contribution in [-0.2, 0) is 13.2 Å². The Morgan fingerprint density at radius 3 is 2.41 bits per heavy atom. The van der Waals surface area contributed by atoms with E-state index < -0.39 is 0 Å². The topological polar surface area (TPSA) is 69.2 Å². The normalized spacial score (nSPS) is 10.8. The zero-order valence-corrected chi connectivity index (χ0v) is 21.2. The Hall–Kier alpha value is -4.29. The van der Waals surface area contributed by atoms with Gasteiger partial charge in [-0.05, 0) is 66.1 Å². The molecule has 0 aromatic heterocycles. The van der Waals surface area contributed by atoms with E-state index in [1.165, 1.54) is 0 Å². The van der Waals surface area contributed by atoms with Crippen molar-refractivity contribution in [3.8, 4) is 17.2 Å². The van der Waals surface area contributed by atoms with Crippen LogP contribution in [-0.4, -0.2) is 18.7 Å². The van der Waals surface area contributed by atoms with Gasteiger partial charge in [-0.25, -0.2) is 5.43 Å². The van der Waals surface area contributed by atoms with E-state index >= 15 is 0 Å². The van der Waals surface area contributed by atoms with E-state index in [1.54, 1.807) is 24.4 Å². The summed E-state index contributed by atoms with van der Waals surface area (Å²) in [6.45, 7) is 3.12. The minimum atomic E-state index is -0.361. The molecule has 0 aliphatic carbocycles. The maximum Gasteiger partial charge on any atom is 0.271 e. The molecule has 0 unspecified atom stereocenters. The SMILES string of the molecule is CCOc1cc(C(=O)N/N=C/c2cccc(OCc3cccc(Cl)c3)c2)ccc1OCc1ccccc1. The van der Waals surface area contributed by atoms with Crippen LogP contribution in [0.15, 0.2) is 102 Å². The molecule has 0 saturated carbocycles. The van der Waals surface area contributed by atoms with Gasteiger partial charge in [0.1, 0.15) is 19.0 Å². The lowest BCUT2D eigenvalue weighted by Crippen LogP contribution is -2.17. The number of hydrogen-bond acceptors (Lipinski definition) is 5. The average Bonchev–Trinajstić information content (AvgIpc) is 2.92. The van der Waals surface area contributed by atoms with Crippen LogP contribution in [0.5, 0.6) is 17.2 Å². The lowest BCUT2D eigenvalue weighted by molar-refractivity contribution is 0.0954. The zero-order valence-electron chi connectivity index (χ0n) is 20.4. The summed E-state index contributed by atoms with van der Waals surface area (Å²) in [5.74, 6) is 1.39. The van der Waals surface area contributed by atoms with E-state index in [-0.39, 0.29) is 5.91 Å². The molecule has 0 radical (unpaired) electrons. The van der Waals surface area contributed by atoms with Crippen LogP contribution in [0.4, 0.5) is 0 Å². The molecule has 4 aromatic rings. The van der Waals surface area contributed by atoms with Crippen LogP contribution in [0.25, 0.3) is 0 Å². The second-order valence-corrected chi connectivity index (χ2v) is 8.50. The van der Waals surface area contributed by atoms with Gasteiger partial charge in [-0.15, -0.1) is 0 Å². The van der Waals surface area contributed by atoms with Gasteiger partial charge in [0.05, 0.1) is 12.8 Å². The molecule has 0 heterocycles. The number of hydrogen-bond donors (Lipinski definition) is 1. The Bertz CT molecular complexity index is 1360. The third-order valence-corrected chi connectivity index (χ3v) is 5.51. The summed E-state index contributed by atoms with van der Waals surface area (Å²) in [4.78, 5) is 12.7. The number of nitrogens with one attached hydrogen (secondary N) is 1. The Morgan fingerprint density at radius 1 is 0.811 bits per heavy atom. The van der Waals surface area contributed by atoms with E-state index in [9.17, 15) is 4.79 Å². The summed E-state index contributed by atoms with van der Waals surface area (Å²) in [6.07, 6.45) is 1.56. The molecule has 0 saturated heterocycles. The number of nitrogens with zero attached hydrogens (tertiary/aromatic N) is 1. The van der Waals surface area contributed by atoms with Crippen molar-refractivity contribution >= 4 is 23.7 Å². The second-order valence-electron chi connectivity index (χ2n) is 8.06. The Kier molecular flexibility index (Phi) is 9.16. The molecule has 1 N–H and O–H groups in total. The van der Waals surface area contributed by atoms with Crippen molar-refractivity contribution in [1.82, 2.24) is 5.43 Å². The fraction of sp³-hybridized carbons (Fsp3) is 0.133. The largest absolute Gasteiger partial charge is 0.490 e. The smallest absolute Gasteiger partial charge is 0.271 e. The lowest BCUT2D eigenvalue weighted by atomic mass is 10.2. The molecular formula is C30H27ClN2O4. The Labute approximate surface area is 221 Å². The maximum atomic E-state index is 12.7. The molecule has 0 spiro atoms. The maximum absolute atomic E-state index is 12.7. The quantitative estimate of drug-likeness (QED) is 0.179. The molecule has 6 nitrogen and oxygen atoms in total. The third kappa shape index (κ3) is 7.85. The van der Waals surface area contributed by atoms with Crippen molar-refractivity contribution in [3.05, 3.63) is 124 Å². The van der Waals surface area contributed by atoms with Gasteiger partial charge in [0, 0.05) is 10.6 Å². The van der Waals surface area contributed by atoms with E-state index in [0.29, 0.717) is 47.7 Å². The first-order chi connectivity index (χ1) is 18.1. The van der Waals surface area contributed by atoms with Gasteiger partial charge in [0.25, 0.3) is 5.91 Å². The van der Waals surface area contributed by atoms with Crippen molar-refractivity contribution < 1.29 is 19.0 Å². The second kappa shape index (κ2) is 13.1. The Balaban J connectivity index is 1.35. The highest BCUT2D eigenvalue weighted by atomic mass is 35.5. The van der Waals surface area contributed by atoms with Crippen LogP contribution in [0, 0.1) is 0 Å². The fourth-order valence-corrected chi connectivity index (χ4v) is 3.69. The first-order valence-corrected chi connectivity index (χ1v) is 12.2. The van der Waals surface area contributed by atoms with Gasteiger partial charge in [0.2, 0.25) is 0 Å². The third-order valence-electron chi connectivity index (χ3n) is 5.28. The molecule has 0 aliphatic heterocycles. The molecule has 188 valence electrons. The highest BCUT2D eigenvalue weighted by Crippen LogP contribution is 2.29. The number of hydrazone groups is 1. The van der Waals surface area contributed by atoms with Crippen molar-refractivity contribution in [2.45, 2.75) is 20.1 Å². The lowest BCUT2D eigenvalue weighted by Gasteiger charge is -2.13. The summed E-state index contributed by atoms with van der Waals surface area (Å²) in [6, 6.07) is 29.9. The minimum absolute atomic E-state index is 0.361. The minimum Gasteiger partial charge on any atom is -0.490 e. The average molecular weight is 515 g/mol. The number of ether oxygens (including phenoxy) is 3. The van der Waals surface area contributed by atoms with Crippen LogP contribution >= 0.6 is 11.6 Å². The summed E-state index contributed by atoms with van der Waals surface area (Å²) < 4.78 is 17.5. The van der Waals surface area contributed by atoms with Gasteiger partial charge in [-0.1, -0.05) is 66.2 Å². The van der Waals surface area contributed by atoms with Crippen molar-refractivity contribution in [2.75, 3.05) is 6.61 Å². The molecule has 37 heavy (non-hydrogen) atoms. The number of rotatable bonds is 11. The summed E-state index contributed by atoms with van der Waals surface area (Å²) in [7, 11) is 0. The van der Waals surface area contributed by atoms with Crippen molar-refractivity contribution in [1.29, 1.82) is 0 Å². The molecule has 7 heteroatoms. The van der Waals surface area contributed by atoms with Crippen molar-refractivity contribution in [3.63, 3.8) is 0 Å². The molecule has 4 rings (SSSR count). The number of halogens is 1. The zero-order chi connectivity index (χ0) is 25.9. The number of amides is 1. The van der Waals surface area contributed by atoms with Crippen LogP contribution in [0.2, 0.25) is 5.02 Å². The van der Waals surface area contributed by atoms with Gasteiger partial charge in [-0.3, -0.25) is 4.79 Å². The van der Waals surface area contributed by atoms with Crippen LogP contribution in [0.1, 0.15) is 34.0 Å². The highest BCUT2D eigenvalue weighted by molar-refractivity contribution is 6.30. The molecule has 4 aromatic carbocycles. The van der Waals surface area contributed by atoms with E-state index in [1.807, 2.05) is 85.8 Å². The van der Waals surface area contributed by atoms with E-state index in [0.717, 1.165) is 16.7 Å². The number of carbonyl (C=O) groups is 1. The monoisotopic (exact) mass is 514 g/mol. The fourth-order valence-electron chi connectivity index (χ4n) is 3.48.